The van der Waals surface area contributed by atoms with Crippen LogP contribution in [0.3, 0.4) is 0 Å². The standard InChI is InChI=1S/C20H24N6O2S/c1-28-11-12-7-16-18(24-8-12)17(19(22)29-16)20(27)25-14-9-23-5-4-15(14)26-6-2-3-13(21)10-26/h4-5,7-9,13H,2-3,6,10-11,21-22H2,1H3,(H,25,27). The van der Waals surface area contributed by atoms with Crippen LogP contribution in [0.2, 0.25) is 0 Å². The first kappa shape index (κ1) is 19.6. The highest BCUT2D eigenvalue weighted by Gasteiger charge is 2.23. The summed E-state index contributed by atoms with van der Waals surface area (Å²) in [4.78, 5) is 23.9. The molecule has 1 unspecified atom stereocenters. The fourth-order valence-electron chi connectivity index (χ4n) is 3.67. The van der Waals surface area contributed by atoms with Crippen LogP contribution >= 0.6 is 11.3 Å². The second kappa shape index (κ2) is 8.32. The largest absolute Gasteiger partial charge is 0.390 e. The Balaban J connectivity index is 1.63. The quantitative estimate of drug-likeness (QED) is 0.589. The van der Waals surface area contributed by atoms with Gasteiger partial charge in [0, 0.05) is 38.6 Å². The zero-order chi connectivity index (χ0) is 20.4. The van der Waals surface area contributed by atoms with Crippen molar-refractivity contribution in [2.75, 3.05) is 36.1 Å². The van der Waals surface area contributed by atoms with E-state index in [2.05, 4.69) is 20.2 Å². The maximum absolute atomic E-state index is 13.1. The van der Waals surface area contributed by atoms with Gasteiger partial charge in [-0.3, -0.25) is 14.8 Å². The lowest BCUT2D eigenvalue weighted by atomic mass is 10.1. The number of nitrogens with two attached hydrogens (primary N) is 2. The predicted octanol–water partition coefficient (Wildman–Crippen LogP) is 2.60. The molecule has 0 radical (unpaired) electrons. The van der Waals surface area contributed by atoms with E-state index in [4.69, 9.17) is 16.2 Å². The molecule has 0 aromatic carbocycles. The summed E-state index contributed by atoms with van der Waals surface area (Å²) in [6, 6.07) is 3.98. The average molecular weight is 413 g/mol. The zero-order valence-electron chi connectivity index (χ0n) is 16.2. The van der Waals surface area contributed by atoms with Gasteiger partial charge in [-0.05, 0) is 30.5 Å². The van der Waals surface area contributed by atoms with Crippen molar-refractivity contribution in [2.24, 2.45) is 5.73 Å². The summed E-state index contributed by atoms with van der Waals surface area (Å²) >= 11 is 1.35. The molecule has 3 aromatic rings. The molecule has 0 aliphatic carbocycles. The Bertz CT molecular complexity index is 1040. The Morgan fingerprint density at radius 1 is 1.45 bits per heavy atom. The van der Waals surface area contributed by atoms with E-state index in [0.29, 0.717) is 28.4 Å². The van der Waals surface area contributed by atoms with Gasteiger partial charge in [-0.25, -0.2) is 0 Å². The number of nitrogens with zero attached hydrogens (tertiary/aromatic N) is 3. The number of carbonyl (C=O) groups excluding carboxylic acids is 1. The molecule has 4 heterocycles. The number of amides is 1. The molecular weight excluding hydrogens is 388 g/mol. The van der Waals surface area contributed by atoms with Crippen LogP contribution in [-0.2, 0) is 11.3 Å². The summed E-state index contributed by atoms with van der Waals surface area (Å²) in [6.07, 6.45) is 7.12. The number of aromatic nitrogens is 2. The Labute approximate surface area is 172 Å². The van der Waals surface area contributed by atoms with Crippen LogP contribution in [0, 0.1) is 0 Å². The summed E-state index contributed by atoms with van der Waals surface area (Å²) in [6.45, 7) is 2.10. The fourth-order valence-corrected chi connectivity index (χ4v) is 4.66. The summed E-state index contributed by atoms with van der Waals surface area (Å²) < 4.78 is 6.01. The molecule has 1 aliphatic rings. The van der Waals surface area contributed by atoms with E-state index < -0.39 is 0 Å². The van der Waals surface area contributed by atoms with Crippen molar-refractivity contribution in [1.82, 2.24) is 9.97 Å². The highest BCUT2D eigenvalue weighted by molar-refractivity contribution is 7.23. The molecule has 1 atom stereocenters. The molecule has 0 saturated carbocycles. The van der Waals surface area contributed by atoms with Gasteiger partial charge in [-0.15, -0.1) is 11.3 Å². The van der Waals surface area contributed by atoms with Crippen molar-refractivity contribution in [1.29, 1.82) is 0 Å². The van der Waals surface area contributed by atoms with Crippen LogP contribution in [0.5, 0.6) is 0 Å². The van der Waals surface area contributed by atoms with E-state index in [0.717, 1.165) is 41.9 Å². The topological polar surface area (TPSA) is 119 Å². The Kier molecular flexibility index (Phi) is 5.61. The number of nitrogens with one attached hydrogen (secondary N) is 1. The van der Waals surface area contributed by atoms with Crippen LogP contribution in [0.1, 0.15) is 28.8 Å². The van der Waals surface area contributed by atoms with Gasteiger partial charge in [0.05, 0.1) is 34.4 Å². The average Bonchev–Trinajstić information content (AvgIpc) is 3.03. The number of thiophene rings is 1. The molecule has 1 fully saturated rings. The van der Waals surface area contributed by atoms with Gasteiger partial charge in [-0.2, -0.15) is 0 Å². The smallest absolute Gasteiger partial charge is 0.260 e. The number of nitrogen functional groups attached to an aromatic ring is 1. The first-order valence-corrected chi connectivity index (χ1v) is 10.3. The SMILES string of the molecule is COCc1cnc2c(C(=O)Nc3cnccc3N3CCCC(N)C3)c(N)sc2c1. The van der Waals surface area contributed by atoms with Crippen molar-refractivity contribution in [3.63, 3.8) is 0 Å². The minimum atomic E-state index is -0.295. The zero-order valence-corrected chi connectivity index (χ0v) is 17.0. The van der Waals surface area contributed by atoms with Crippen LogP contribution < -0.4 is 21.7 Å². The van der Waals surface area contributed by atoms with Gasteiger partial charge in [0.15, 0.2) is 0 Å². The number of anilines is 3. The summed E-state index contributed by atoms with van der Waals surface area (Å²) in [5.74, 6) is -0.295. The number of carbonyl (C=O) groups is 1. The monoisotopic (exact) mass is 412 g/mol. The molecule has 1 saturated heterocycles. The van der Waals surface area contributed by atoms with Crippen molar-refractivity contribution in [2.45, 2.75) is 25.5 Å². The molecule has 1 aliphatic heterocycles. The Morgan fingerprint density at radius 2 is 2.31 bits per heavy atom. The Hall–Kier alpha value is -2.75. The lowest BCUT2D eigenvalue weighted by Gasteiger charge is -2.33. The number of pyridine rings is 2. The van der Waals surface area contributed by atoms with Gasteiger partial charge in [-0.1, -0.05) is 0 Å². The molecule has 4 rings (SSSR count). The number of rotatable bonds is 5. The molecular formula is C20H24N6O2S. The molecule has 0 spiro atoms. The van der Waals surface area contributed by atoms with E-state index in [1.807, 2.05) is 12.1 Å². The van der Waals surface area contributed by atoms with Crippen LogP contribution in [0.15, 0.2) is 30.7 Å². The number of fused-ring (bicyclic) bond motifs is 1. The first-order chi connectivity index (χ1) is 14.1. The van der Waals surface area contributed by atoms with Crippen molar-refractivity contribution >= 4 is 43.8 Å². The van der Waals surface area contributed by atoms with E-state index in [1.54, 1.807) is 25.7 Å². The maximum atomic E-state index is 13.1. The third-order valence-corrected chi connectivity index (χ3v) is 5.95. The number of piperidine rings is 1. The Morgan fingerprint density at radius 3 is 3.10 bits per heavy atom. The van der Waals surface area contributed by atoms with Gasteiger partial charge in [0.25, 0.3) is 5.91 Å². The van der Waals surface area contributed by atoms with Crippen LogP contribution in [-0.4, -0.2) is 42.1 Å². The molecule has 0 bridgehead atoms. The van der Waals surface area contributed by atoms with Gasteiger partial charge in [0.2, 0.25) is 0 Å². The van der Waals surface area contributed by atoms with E-state index in [-0.39, 0.29) is 11.9 Å². The number of ether oxygens (including phenoxy) is 1. The number of hydrogen-bond donors (Lipinski definition) is 3. The van der Waals surface area contributed by atoms with Crippen molar-refractivity contribution in [3.05, 3.63) is 41.9 Å². The third-order valence-electron chi connectivity index (χ3n) is 5.00. The maximum Gasteiger partial charge on any atom is 0.260 e. The van der Waals surface area contributed by atoms with E-state index in [9.17, 15) is 4.79 Å². The van der Waals surface area contributed by atoms with Crippen LogP contribution in [0.4, 0.5) is 16.4 Å². The van der Waals surface area contributed by atoms with Gasteiger partial charge < -0.3 is 26.4 Å². The lowest BCUT2D eigenvalue weighted by Crippen LogP contribution is -2.43. The van der Waals surface area contributed by atoms with Crippen molar-refractivity contribution in [3.8, 4) is 0 Å². The molecule has 29 heavy (non-hydrogen) atoms. The van der Waals surface area contributed by atoms with E-state index in [1.165, 1.54) is 11.3 Å². The summed E-state index contributed by atoms with van der Waals surface area (Å²) in [5.41, 5.74) is 15.8. The third kappa shape index (κ3) is 4.02. The normalized spacial score (nSPS) is 16.9. The molecule has 1 amide bonds. The van der Waals surface area contributed by atoms with Gasteiger partial charge in [0.1, 0.15) is 10.6 Å². The minimum Gasteiger partial charge on any atom is -0.390 e. The highest BCUT2D eigenvalue weighted by atomic mass is 32.1. The van der Waals surface area contributed by atoms with Crippen LogP contribution in [0.25, 0.3) is 10.2 Å². The molecule has 152 valence electrons. The molecule has 9 heteroatoms. The van der Waals surface area contributed by atoms with E-state index >= 15 is 0 Å². The molecule has 5 N–H and O–H groups in total. The molecule has 8 nitrogen and oxygen atoms in total. The number of hydrogen-bond acceptors (Lipinski definition) is 8. The summed E-state index contributed by atoms with van der Waals surface area (Å²) in [5, 5.41) is 3.41. The fraction of sp³-hybridized carbons (Fsp3) is 0.350. The number of methoxy groups -OCH3 is 1. The molecule has 3 aromatic heterocycles. The van der Waals surface area contributed by atoms with Gasteiger partial charge >= 0.3 is 0 Å². The van der Waals surface area contributed by atoms with Crippen molar-refractivity contribution < 1.29 is 9.53 Å². The second-order valence-corrected chi connectivity index (χ2v) is 8.24. The minimum absolute atomic E-state index is 0.127. The first-order valence-electron chi connectivity index (χ1n) is 9.48. The highest BCUT2D eigenvalue weighted by Crippen LogP contribution is 2.34. The second-order valence-electron chi connectivity index (χ2n) is 7.16. The summed E-state index contributed by atoms with van der Waals surface area (Å²) in [7, 11) is 1.63. The lowest BCUT2D eigenvalue weighted by molar-refractivity contribution is 0.102. The predicted molar refractivity (Wildman–Crippen MR) is 116 cm³/mol.